The zero-order chi connectivity index (χ0) is 21.2. The van der Waals surface area contributed by atoms with Crippen molar-refractivity contribution in [2.75, 3.05) is 18.7 Å². The Morgan fingerprint density at radius 1 is 1.24 bits per heavy atom. The smallest absolute Gasteiger partial charge is 0.230 e. The molecule has 1 heterocycles. The number of nitrogens with one attached hydrogen (secondary N) is 1. The first-order valence-corrected chi connectivity index (χ1v) is 10.8. The van der Waals surface area contributed by atoms with E-state index in [4.69, 9.17) is 15.3 Å². The first-order valence-electron chi connectivity index (χ1n) is 9.77. The summed E-state index contributed by atoms with van der Waals surface area (Å²) in [4.78, 5) is 12.1. The van der Waals surface area contributed by atoms with Crippen LogP contribution in [0.5, 0.6) is 11.5 Å². The summed E-state index contributed by atoms with van der Waals surface area (Å²) in [5, 5.41) is 11.6. The Balaban J connectivity index is 1.77. The third-order valence-corrected chi connectivity index (χ3v) is 5.25. The van der Waals surface area contributed by atoms with E-state index in [2.05, 4.69) is 29.4 Å². The lowest BCUT2D eigenvalue weighted by atomic mass is 10.0. The van der Waals surface area contributed by atoms with Crippen LogP contribution < -0.4 is 20.6 Å². The maximum Gasteiger partial charge on any atom is 0.230 e. The summed E-state index contributed by atoms with van der Waals surface area (Å²) in [7, 11) is 1.60. The van der Waals surface area contributed by atoms with Gasteiger partial charge in [-0.2, -0.15) is 0 Å². The summed E-state index contributed by atoms with van der Waals surface area (Å²) in [6.07, 6.45) is 3.26. The van der Waals surface area contributed by atoms with E-state index in [0.717, 1.165) is 12.8 Å². The molecule has 0 radical (unpaired) electrons. The molecule has 1 atom stereocenters. The SMILES string of the molecule is COc1cccc(OCc2nnc(SCC(=O)NC(C)CCCC(C)C)n2N)c1. The Hall–Kier alpha value is -2.42. The lowest BCUT2D eigenvalue weighted by Gasteiger charge is -2.14. The summed E-state index contributed by atoms with van der Waals surface area (Å²) in [5.74, 6) is 8.75. The number of rotatable bonds is 12. The van der Waals surface area contributed by atoms with Gasteiger partial charge in [-0.15, -0.1) is 10.2 Å². The van der Waals surface area contributed by atoms with E-state index in [0.29, 0.717) is 28.4 Å². The second-order valence-corrected chi connectivity index (χ2v) is 8.26. The van der Waals surface area contributed by atoms with Crippen molar-refractivity contribution in [1.82, 2.24) is 20.2 Å². The monoisotopic (exact) mass is 421 g/mol. The van der Waals surface area contributed by atoms with E-state index < -0.39 is 0 Å². The topological polar surface area (TPSA) is 104 Å². The maximum atomic E-state index is 12.1. The van der Waals surface area contributed by atoms with Crippen LogP contribution >= 0.6 is 11.8 Å². The average Bonchev–Trinajstić information content (AvgIpc) is 3.04. The van der Waals surface area contributed by atoms with E-state index >= 15 is 0 Å². The zero-order valence-corrected chi connectivity index (χ0v) is 18.4. The Morgan fingerprint density at radius 3 is 2.72 bits per heavy atom. The molecule has 3 N–H and O–H groups in total. The predicted molar refractivity (Wildman–Crippen MR) is 115 cm³/mol. The number of nitrogen functional groups attached to an aromatic ring is 1. The van der Waals surface area contributed by atoms with Crippen LogP contribution in [0.3, 0.4) is 0 Å². The van der Waals surface area contributed by atoms with Gasteiger partial charge in [-0.05, 0) is 31.4 Å². The molecule has 0 aliphatic rings. The lowest BCUT2D eigenvalue weighted by Crippen LogP contribution is -2.34. The molecule has 1 amide bonds. The van der Waals surface area contributed by atoms with Gasteiger partial charge in [0.1, 0.15) is 18.1 Å². The number of nitrogens with zero attached hydrogens (tertiary/aromatic N) is 3. The summed E-state index contributed by atoms with van der Waals surface area (Å²) in [6.45, 7) is 6.61. The third kappa shape index (κ3) is 7.84. The molecule has 1 aromatic heterocycles. The molecule has 0 fully saturated rings. The van der Waals surface area contributed by atoms with Crippen molar-refractivity contribution in [1.29, 1.82) is 0 Å². The number of methoxy groups -OCH3 is 1. The van der Waals surface area contributed by atoms with Crippen LogP contribution in [-0.4, -0.2) is 39.7 Å². The molecule has 0 bridgehead atoms. The fraction of sp³-hybridized carbons (Fsp3) is 0.550. The van der Waals surface area contributed by atoms with Crippen LogP contribution in [0.25, 0.3) is 0 Å². The molecular formula is C20H31N5O3S. The molecule has 1 unspecified atom stereocenters. The summed E-state index contributed by atoms with van der Waals surface area (Å²) in [6, 6.07) is 7.43. The number of aromatic nitrogens is 3. The minimum atomic E-state index is -0.0378. The van der Waals surface area contributed by atoms with Gasteiger partial charge in [-0.25, -0.2) is 4.68 Å². The van der Waals surface area contributed by atoms with Crippen LogP contribution in [0.4, 0.5) is 0 Å². The van der Waals surface area contributed by atoms with Gasteiger partial charge in [0.2, 0.25) is 11.1 Å². The molecule has 29 heavy (non-hydrogen) atoms. The third-order valence-electron chi connectivity index (χ3n) is 4.30. The highest BCUT2D eigenvalue weighted by atomic mass is 32.2. The number of carbonyl (C=O) groups is 1. The molecule has 0 spiro atoms. The first kappa shape index (κ1) is 22.9. The summed E-state index contributed by atoms with van der Waals surface area (Å²) in [5.41, 5.74) is 0. The van der Waals surface area contributed by atoms with E-state index in [-0.39, 0.29) is 24.3 Å². The van der Waals surface area contributed by atoms with Crippen molar-refractivity contribution >= 4 is 17.7 Å². The Labute approximate surface area is 176 Å². The lowest BCUT2D eigenvalue weighted by molar-refractivity contribution is -0.119. The minimum Gasteiger partial charge on any atom is -0.497 e. The number of nitrogens with two attached hydrogens (primary N) is 1. The van der Waals surface area contributed by atoms with Crippen molar-refractivity contribution in [3.63, 3.8) is 0 Å². The zero-order valence-electron chi connectivity index (χ0n) is 17.6. The van der Waals surface area contributed by atoms with Crippen molar-refractivity contribution < 1.29 is 14.3 Å². The molecule has 2 aromatic rings. The normalized spacial score (nSPS) is 12.0. The highest BCUT2D eigenvalue weighted by Gasteiger charge is 2.14. The van der Waals surface area contributed by atoms with Gasteiger partial charge in [-0.3, -0.25) is 4.79 Å². The number of hydrogen-bond donors (Lipinski definition) is 2. The Morgan fingerprint density at radius 2 is 2.00 bits per heavy atom. The number of thioether (sulfide) groups is 1. The predicted octanol–water partition coefficient (Wildman–Crippen LogP) is 3.00. The fourth-order valence-corrected chi connectivity index (χ4v) is 3.38. The summed E-state index contributed by atoms with van der Waals surface area (Å²) < 4.78 is 12.2. The molecular weight excluding hydrogens is 390 g/mol. The Kier molecular flexibility index (Phi) is 9.11. The first-order chi connectivity index (χ1) is 13.9. The fourth-order valence-electron chi connectivity index (χ4n) is 2.69. The van der Waals surface area contributed by atoms with E-state index in [1.54, 1.807) is 13.2 Å². The van der Waals surface area contributed by atoms with Gasteiger partial charge in [0, 0.05) is 12.1 Å². The van der Waals surface area contributed by atoms with Gasteiger partial charge >= 0.3 is 0 Å². The van der Waals surface area contributed by atoms with Gasteiger partial charge in [0.05, 0.1) is 12.9 Å². The van der Waals surface area contributed by atoms with Gasteiger partial charge < -0.3 is 20.6 Å². The number of carbonyl (C=O) groups excluding carboxylic acids is 1. The van der Waals surface area contributed by atoms with Crippen LogP contribution in [0.15, 0.2) is 29.4 Å². The molecule has 0 saturated heterocycles. The van der Waals surface area contributed by atoms with Crippen molar-refractivity contribution in [2.45, 2.75) is 57.8 Å². The van der Waals surface area contributed by atoms with Gasteiger partial charge in [0.25, 0.3) is 0 Å². The standard InChI is InChI=1S/C20H31N5O3S/c1-14(2)7-5-8-15(3)22-19(26)13-29-20-24-23-18(25(20)21)12-28-17-10-6-9-16(11-17)27-4/h6,9-11,14-15H,5,7-8,12-13,21H2,1-4H3,(H,22,26). The highest BCUT2D eigenvalue weighted by molar-refractivity contribution is 7.99. The van der Waals surface area contributed by atoms with Crippen LogP contribution in [-0.2, 0) is 11.4 Å². The van der Waals surface area contributed by atoms with Gasteiger partial charge in [0.15, 0.2) is 5.82 Å². The molecule has 2 rings (SSSR count). The molecule has 8 nitrogen and oxygen atoms in total. The second kappa shape index (κ2) is 11.5. The van der Waals surface area contributed by atoms with Crippen LogP contribution in [0, 0.1) is 5.92 Å². The second-order valence-electron chi connectivity index (χ2n) is 7.32. The van der Waals surface area contributed by atoms with Crippen molar-refractivity contribution in [2.24, 2.45) is 5.92 Å². The number of hydrogen-bond acceptors (Lipinski definition) is 7. The van der Waals surface area contributed by atoms with E-state index in [1.165, 1.54) is 22.9 Å². The molecule has 0 aliphatic heterocycles. The summed E-state index contributed by atoms with van der Waals surface area (Å²) >= 11 is 1.25. The number of amides is 1. The van der Waals surface area contributed by atoms with Crippen molar-refractivity contribution in [3.05, 3.63) is 30.1 Å². The molecule has 9 heteroatoms. The van der Waals surface area contributed by atoms with Crippen molar-refractivity contribution in [3.8, 4) is 11.5 Å². The quantitative estimate of drug-likeness (QED) is 0.401. The van der Waals surface area contributed by atoms with Crippen LogP contribution in [0.2, 0.25) is 0 Å². The van der Waals surface area contributed by atoms with Gasteiger partial charge in [-0.1, -0.05) is 44.5 Å². The minimum absolute atomic E-state index is 0.0378. The average molecular weight is 422 g/mol. The van der Waals surface area contributed by atoms with Crippen LogP contribution in [0.1, 0.15) is 45.9 Å². The van der Waals surface area contributed by atoms with E-state index in [9.17, 15) is 4.79 Å². The molecule has 0 saturated carbocycles. The molecule has 0 aliphatic carbocycles. The maximum absolute atomic E-state index is 12.1. The Bertz CT molecular complexity index is 781. The van der Waals surface area contributed by atoms with E-state index in [1.807, 2.05) is 25.1 Å². The largest absolute Gasteiger partial charge is 0.497 e. The molecule has 160 valence electrons. The number of benzene rings is 1. The highest BCUT2D eigenvalue weighted by Crippen LogP contribution is 2.20. The molecule has 1 aromatic carbocycles. The number of ether oxygens (including phenoxy) is 2.